The average Bonchev–Trinajstić information content (AvgIpc) is 3.41. The molecule has 0 spiro atoms. The molecule has 2 heterocycles. The Morgan fingerprint density at radius 2 is 1.65 bits per heavy atom. The first kappa shape index (κ1) is 29.6. The van der Waals surface area contributed by atoms with E-state index in [1.165, 1.54) is 4.88 Å². The number of nitrogens with zero attached hydrogens (tertiary/aromatic N) is 4. The molecule has 11 heteroatoms. The molecule has 10 nitrogen and oxygen atoms in total. The Morgan fingerprint density at radius 1 is 1.02 bits per heavy atom. The van der Waals surface area contributed by atoms with Crippen LogP contribution in [0.25, 0.3) is 11.3 Å². The van der Waals surface area contributed by atoms with Gasteiger partial charge in [0.25, 0.3) is 0 Å². The summed E-state index contributed by atoms with van der Waals surface area (Å²) in [5, 5.41) is 22.0. The zero-order valence-electron chi connectivity index (χ0n) is 23.0. The summed E-state index contributed by atoms with van der Waals surface area (Å²) in [6.45, 7) is 6.10. The number of hydrogen-bond acceptors (Lipinski definition) is 10. The number of likely N-dealkylation sites (N-methyl/N-ethyl adjacent to an activating group) is 1. The number of thiazole rings is 1. The number of aromatic nitrogens is 1. The maximum atomic E-state index is 9.37. The van der Waals surface area contributed by atoms with Crippen molar-refractivity contribution in [3.8, 4) is 22.8 Å². The quantitative estimate of drug-likeness (QED) is 0.0824. The first-order chi connectivity index (χ1) is 19.6. The van der Waals surface area contributed by atoms with E-state index in [9.17, 15) is 5.11 Å². The monoisotopic (exact) mass is 569 g/mol. The van der Waals surface area contributed by atoms with Crippen LogP contribution in [0, 0.1) is 0 Å². The van der Waals surface area contributed by atoms with E-state index in [0.29, 0.717) is 25.3 Å². The van der Waals surface area contributed by atoms with Crippen molar-refractivity contribution in [2.24, 2.45) is 10.9 Å². The molecule has 1 aromatic heterocycles. The van der Waals surface area contributed by atoms with Crippen molar-refractivity contribution in [2.45, 2.75) is 25.8 Å². The maximum absolute atomic E-state index is 9.37. The van der Waals surface area contributed by atoms with Gasteiger partial charge in [-0.25, -0.2) is 4.98 Å². The number of anilines is 1. The Kier molecular flexibility index (Phi) is 11.4. The van der Waals surface area contributed by atoms with Crippen molar-refractivity contribution < 1.29 is 24.5 Å². The molecule has 0 bridgehead atoms. The molecule has 216 valence electrons. The van der Waals surface area contributed by atoms with E-state index in [1.54, 1.807) is 23.5 Å². The number of morpholine rings is 1. The minimum atomic E-state index is 0.0778. The number of aliphatic hydroxyl groups excluding tert-OH is 1. The van der Waals surface area contributed by atoms with Crippen molar-refractivity contribution in [1.29, 1.82) is 0 Å². The molecule has 2 aromatic carbocycles. The highest BCUT2D eigenvalue weighted by Gasteiger charge is 2.19. The Balaban J connectivity index is 1.23. The molecule has 0 radical (unpaired) electrons. The lowest BCUT2D eigenvalue weighted by molar-refractivity contribution is 0.0347. The molecule has 0 saturated carbocycles. The number of unbranched alkanes of at least 4 members (excludes halogenated alkanes) is 2. The van der Waals surface area contributed by atoms with Gasteiger partial charge in [-0.15, -0.1) is 0 Å². The zero-order chi connectivity index (χ0) is 28.2. The Labute approximate surface area is 239 Å². The summed E-state index contributed by atoms with van der Waals surface area (Å²) in [6.07, 6.45) is 2.85. The zero-order valence-corrected chi connectivity index (χ0v) is 23.8. The summed E-state index contributed by atoms with van der Waals surface area (Å²) in [6, 6.07) is 15.3. The second-order valence-electron chi connectivity index (χ2n) is 9.59. The molecule has 4 N–H and O–H groups in total. The number of amidine groups is 1. The van der Waals surface area contributed by atoms with Crippen LogP contribution in [0.1, 0.15) is 29.7 Å². The van der Waals surface area contributed by atoms with Crippen molar-refractivity contribution in [3.63, 3.8) is 0 Å². The normalized spacial score (nSPS) is 14.3. The number of ether oxygens (including phenoxy) is 3. The summed E-state index contributed by atoms with van der Waals surface area (Å²) < 4.78 is 17.3. The molecular formula is C29H39N5O5S. The van der Waals surface area contributed by atoms with Crippen molar-refractivity contribution >= 4 is 22.3 Å². The van der Waals surface area contributed by atoms with E-state index in [0.717, 1.165) is 80.0 Å². The maximum Gasteiger partial charge on any atom is 0.185 e. The molecule has 1 aliphatic heterocycles. The van der Waals surface area contributed by atoms with Gasteiger partial charge in [0.05, 0.1) is 38.7 Å². The highest BCUT2D eigenvalue weighted by atomic mass is 32.1. The van der Waals surface area contributed by atoms with Crippen molar-refractivity contribution in [2.75, 3.05) is 64.6 Å². The minimum absolute atomic E-state index is 0.0778. The summed E-state index contributed by atoms with van der Waals surface area (Å²) in [5.41, 5.74) is 8.28. The average molecular weight is 570 g/mol. The van der Waals surface area contributed by atoms with E-state index in [2.05, 4.69) is 22.2 Å². The van der Waals surface area contributed by atoms with Gasteiger partial charge >= 0.3 is 0 Å². The third-order valence-corrected chi connectivity index (χ3v) is 7.79. The van der Waals surface area contributed by atoms with Gasteiger partial charge in [0.2, 0.25) is 0 Å². The first-order valence-corrected chi connectivity index (χ1v) is 14.4. The van der Waals surface area contributed by atoms with Crippen LogP contribution in [0.3, 0.4) is 0 Å². The molecule has 0 aliphatic carbocycles. The SMILES string of the molecule is CN(CCO)c1nc(-c2ccc(OCCCCCOc3ccc(/C(N)=N\O)cc3)cc2)c(CN2CCOCC2)s1. The summed E-state index contributed by atoms with van der Waals surface area (Å²) >= 11 is 1.69. The van der Waals surface area contributed by atoms with Gasteiger partial charge in [0.15, 0.2) is 11.0 Å². The Bertz CT molecular complexity index is 1200. The van der Waals surface area contributed by atoms with Gasteiger partial charge in [0.1, 0.15) is 11.5 Å². The molecule has 0 atom stereocenters. The lowest BCUT2D eigenvalue weighted by Crippen LogP contribution is -2.35. The molecule has 1 fully saturated rings. The minimum Gasteiger partial charge on any atom is -0.494 e. The highest BCUT2D eigenvalue weighted by Crippen LogP contribution is 2.34. The third kappa shape index (κ3) is 8.56. The lowest BCUT2D eigenvalue weighted by atomic mass is 10.1. The first-order valence-electron chi connectivity index (χ1n) is 13.6. The van der Waals surface area contributed by atoms with E-state index in [-0.39, 0.29) is 12.4 Å². The number of aliphatic hydroxyl groups is 1. The molecule has 3 aromatic rings. The van der Waals surface area contributed by atoms with E-state index < -0.39 is 0 Å². The summed E-state index contributed by atoms with van der Waals surface area (Å²) in [5.74, 6) is 1.67. The van der Waals surface area contributed by atoms with E-state index in [4.69, 9.17) is 30.1 Å². The second kappa shape index (κ2) is 15.4. The Hall–Kier alpha value is -3.38. The van der Waals surface area contributed by atoms with Gasteiger partial charge < -0.3 is 35.2 Å². The number of benzene rings is 2. The van der Waals surface area contributed by atoms with Gasteiger partial charge in [-0.1, -0.05) is 16.5 Å². The molecule has 0 unspecified atom stereocenters. The van der Waals surface area contributed by atoms with Crippen molar-refractivity contribution in [3.05, 3.63) is 59.0 Å². The van der Waals surface area contributed by atoms with Crippen LogP contribution in [0.4, 0.5) is 5.13 Å². The molecular weight excluding hydrogens is 530 g/mol. The predicted molar refractivity (Wildman–Crippen MR) is 158 cm³/mol. The fourth-order valence-electron chi connectivity index (χ4n) is 4.29. The van der Waals surface area contributed by atoms with Crippen LogP contribution in [-0.4, -0.2) is 85.7 Å². The van der Waals surface area contributed by atoms with Gasteiger partial charge in [-0.2, -0.15) is 0 Å². The van der Waals surface area contributed by atoms with Crippen LogP contribution >= 0.6 is 11.3 Å². The third-order valence-electron chi connectivity index (χ3n) is 6.63. The highest BCUT2D eigenvalue weighted by molar-refractivity contribution is 7.16. The van der Waals surface area contributed by atoms with Gasteiger partial charge in [-0.05, 0) is 67.8 Å². The second-order valence-corrected chi connectivity index (χ2v) is 10.7. The molecule has 1 aliphatic rings. The fraction of sp³-hybridized carbons (Fsp3) is 0.448. The fourth-order valence-corrected chi connectivity index (χ4v) is 5.40. The van der Waals surface area contributed by atoms with Crippen LogP contribution < -0.4 is 20.1 Å². The molecule has 4 rings (SSSR count). The summed E-state index contributed by atoms with van der Waals surface area (Å²) in [7, 11) is 1.96. The molecule has 0 amide bonds. The predicted octanol–water partition coefficient (Wildman–Crippen LogP) is 3.79. The Morgan fingerprint density at radius 3 is 2.25 bits per heavy atom. The van der Waals surface area contributed by atoms with Crippen LogP contribution in [0.15, 0.2) is 53.7 Å². The van der Waals surface area contributed by atoms with Gasteiger partial charge in [-0.3, -0.25) is 4.90 Å². The van der Waals surface area contributed by atoms with Crippen LogP contribution in [0.5, 0.6) is 11.5 Å². The van der Waals surface area contributed by atoms with E-state index >= 15 is 0 Å². The number of nitrogens with two attached hydrogens (primary N) is 1. The smallest absolute Gasteiger partial charge is 0.185 e. The standard InChI is InChI=1S/C29H39N5O5S/c1-33(13-16-35)29-31-27(26(40-29)21-34-14-19-37-20-15-34)22-5-9-24(10-6-22)38-17-3-2-4-18-39-25-11-7-23(8-12-25)28(30)32-36/h5-12,35-36H,2-4,13-21H2,1H3,(H2,30,32). The molecule has 1 saturated heterocycles. The van der Waals surface area contributed by atoms with Crippen molar-refractivity contribution in [1.82, 2.24) is 9.88 Å². The van der Waals surface area contributed by atoms with E-state index in [1.807, 2.05) is 36.2 Å². The number of rotatable bonds is 15. The lowest BCUT2D eigenvalue weighted by Gasteiger charge is -2.26. The van der Waals surface area contributed by atoms with Crippen LogP contribution in [0.2, 0.25) is 0 Å². The number of oxime groups is 1. The topological polar surface area (TPSA) is 126 Å². The molecule has 40 heavy (non-hydrogen) atoms. The largest absolute Gasteiger partial charge is 0.494 e. The van der Waals surface area contributed by atoms with Crippen LogP contribution in [-0.2, 0) is 11.3 Å². The van der Waals surface area contributed by atoms with Gasteiger partial charge in [0, 0.05) is 49.2 Å². The summed E-state index contributed by atoms with van der Waals surface area (Å²) in [4.78, 5) is 10.6. The number of hydrogen-bond donors (Lipinski definition) is 3.